The average Bonchev–Trinajstić information content (AvgIpc) is 2.82. The quantitative estimate of drug-likeness (QED) is 0.460. The van der Waals surface area contributed by atoms with Crippen molar-refractivity contribution in [2.24, 2.45) is 0 Å². The van der Waals surface area contributed by atoms with Crippen molar-refractivity contribution >= 4 is 23.8 Å². The molecule has 0 aromatic heterocycles. The van der Waals surface area contributed by atoms with Crippen LogP contribution in [0.25, 0.3) is 6.08 Å². The van der Waals surface area contributed by atoms with Gasteiger partial charge in [-0.15, -0.1) is 0 Å². The molecule has 0 spiro atoms. The van der Waals surface area contributed by atoms with Gasteiger partial charge in [0.15, 0.2) is 0 Å². The Labute approximate surface area is 204 Å². The maximum absolute atomic E-state index is 13.3. The first kappa shape index (κ1) is 24.5. The van der Waals surface area contributed by atoms with E-state index >= 15 is 0 Å². The lowest BCUT2D eigenvalue weighted by Crippen LogP contribution is -2.23. The number of rotatable bonds is 2. The van der Waals surface area contributed by atoms with Crippen molar-refractivity contribution in [3.05, 3.63) is 58.7 Å². The van der Waals surface area contributed by atoms with Crippen LogP contribution in [0.2, 0.25) is 0 Å². The van der Waals surface area contributed by atoms with Gasteiger partial charge < -0.3 is 19.3 Å². The lowest BCUT2D eigenvalue weighted by molar-refractivity contribution is -0.135. The smallest absolute Gasteiger partial charge is 0.342 e. The van der Waals surface area contributed by atoms with Crippen molar-refractivity contribution in [2.75, 3.05) is 7.11 Å². The van der Waals surface area contributed by atoms with E-state index in [2.05, 4.69) is 0 Å². The Balaban J connectivity index is 1.83. The number of fused-ring (bicyclic) bond motifs is 2. The zero-order valence-corrected chi connectivity index (χ0v) is 20.0. The van der Waals surface area contributed by atoms with Gasteiger partial charge in [-0.3, -0.25) is 9.59 Å². The number of aromatic hydroxyl groups is 1. The van der Waals surface area contributed by atoms with Crippen LogP contribution in [0.3, 0.4) is 0 Å². The van der Waals surface area contributed by atoms with E-state index in [4.69, 9.17) is 14.2 Å². The summed E-state index contributed by atoms with van der Waals surface area (Å²) in [5.41, 5.74) is 1.51. The van der Waals surface area contributed by atoms with Crippen molar-refractivity contribution in [1.82, 2.24) is 0 Å². The highest BCUT2D eigenvalue weighted by Crippen LogP contribution is 2.48. The van der Waals surface area contributed by atoms with Crippen molar-refractivity contribution in [3.8, 4) is 17.2 Å². The first-order chi connectivity index (χ1) is 16.9. The topological polar surface area (TPSA) is 99.1 Å². The highest BCUT2D eigenvalue weighted by molar-refractivity contribution is 5.98. The molecule has 184 valence electrons. The molecular formula is C28H30O7. The molecule has 1 N–H and O–H groups in total. The van der Waals surface area contributed by atoms with Gasteiger partial charge in [-0.25, -0.2) is 4.79 Å². The molecule has 2 unspecified atom stereocenters. The number of hydrogen-bond donors (Lipinski definition) is 1. The van der Waals surface area contributed by atoms with Crippen LogP contribution in [0.4, 0.5) is 0 Å². The molecule has 2 aromatic rings. The lowest BCUT2D eigenvalue weighted by atomic mass is 9.83. The molecule has 0 bridgehead atoms. The predicted octanol–water partition coefficient (Wildman–Crippen LogP) is 5.32. The molecule has 4 rings (SSSR count). The zero-order valence-electron chi connectivity index (χ0n) is 20.0. The van der Waals surface area contributed by atoms with Crippen LogP contribution in [0.15, 0.2) is 36.4 Å². The summed E-state index contributed by atoms with van der Waals surface area (Å²) in [4.78, 5) is 37.8. The molecule has 0 saturated carbocycles. The SMILES string of the molecule is COc1ccccc1C1CC(=O)Oc2cc3c(c(O)c21)C(=O)OC(C)CCCC(=O)CCCC=C3. The Hall–Kier alpha value is -3.61. The van der Waals surface area contributed by atoms with E-state index in [0.29, 0.717) is 61.0 Å². The summed E-state index contributed by atoms with van der Waals surface area (Å²) in [7, 11) is 1.54. The van der Waals surface area contributed by atoms with Gasteiger partial charge in [0.1, 0.15) is 28.6 Å². The fourth-order valence-corrected chi connectivity index (χ4v) is 4.74. The fourth-order valence-electron chi connectivity index (χ4n) is 4.74. The Morgan fingerprint density at radius 2 is 1.86 bits per heavy atom. The van der Waals surface area contributed by atoms with E-state index in [1.165, 1.54) is 0 Å². The molecule has 0 aliphatic carbocycles. The number of benzene rings is 2. The number of para-hydroxylation sites is 1. The maximum Gasteiger partial charge on any atom is 0.342 e. The minimum absolute atomic E-state index is 0.00492. The fraction of sp³-hybridized carbons (Fsp3) is 0.393. The Bertz CT molecular complexity index is 1160. The molecule has 2 aromatic carbocycles. The van der Waals surface area contributed by atoms with Crippen molar-refractivity contribution < 1.29 is 33.7 Å². The molecule has 35 heavy (non-hydrogen) atoms. The maximum atomic E-state index is 13.3. The second-order valence-electron chi connectivity index (χ2n) is 9.02. The number of methoxy groups -OCH3 is 1. The standard InChI is InChI=1S/C28H30O7/c1-17-9-8-12-19(29)11-5-3-4-10-18-15-23-26(27(31)25(18)28(32)34-17)21(16-24(30)35-23)20-13-6-7-14-22(20)33-2/h4,6-7,10,13-15,17,21,31H,3,5,8-9,11-12,16H2,1-2H3. The summed E-state index contributed by atoms with van der Waals surface area (Å²) in [6, 6.07) is 8.87. The van der Waals surface area contributed by atoms with E-state index in [1.807, 2.05) is 24.3 Å². The van der Waals surface area contributed by atoms with Gasteiger partial charge in [-0.2, -0.15) is 0 Å². The number of hydrogen-bond acceptors (Lipinski definition) is 7. The lowest BCUT2D eigenvalue weighted by Gasteiger charge is -2.28. The summed E-state index contributed by atoms with van der Waals surface area (Å²) in [5, 5.41) is 11.4. The molecule has 7 heteroatoms. The number of allylic oxidation sites excluding steroid dienone is 1. The zero-order chi connectivity index (χ0) is 24.9. The highest BCUT2D eigenvalue weighted by Gasteiger charge is 2.36. The molecule has 2 heterocycles. The van der Waals surface area contributed by atoms with Gasteiger partial charge in [-0.05, 0) is 50.3 Å². The second-order valence-corrected chi connectivity index (χ2v) is 9.02. The van der Waals surface area contributed by atoms with Crippen molar-refractivity contribution in [3.63, 3.8) is 0 Å². The number of carbonyl (C=O) groups is 3. The van der Waals surface area contributed by atoms with E-state index in [1.54, 1.807) is 32.2 Å². The number of ether oxygens (including phenoxy) is 3. The number of Topliss-reactive ketones (excluding diaryl/α,β-unsaturated/α-hetero) is 1. The minimum Gasteiger partial charge on any atom is -0.507 e. The number of phenolic OH excluding ortho intramolecular Hbond substituents is 1. The third-order valence-corrected chi connectivity index (χ3v) is 6.49. The number of ketones is 1. The van der Waals surface area contributed by atoms with E-state index < -0.39 is 24.0 Å². The van der Waals surface area contributed by atoms with Gasteiger partial charge in [0.05, 0.1) is 19.6 Å². The highest BCUT2D eigenvalue weighted by atomic mass is 16.5. The van der Waals surface area contributed by atoms with Crippen LogP contribution in [0.5, 0.6) is 17.2 Å². The monoisotopic (exact) mass is 478 g/mol. The van der Waals surface area contributed by atoms with Crippen molar-refractivity contribution in [1.29, 1.82) is 0 Å². The van der Waals surface area contributed by atoms with Crippen LogP contribution in [-0.4, -0.2) is 36.0 Å². The van der Waals surface area contributed by atoms with E-state index in [-0.39, 0.29) is 29.3 Å². The van der Waals surface area contributed by atoms with Crippen LogP contribution in [0.1, 0.15) is 84.8 Å². The minimum atomic E-state index is -0.656. The first-order valence-electron chi connectivity index (χ1n) is 12.0. The molecule has 0 amide bonds. The van der Waals surface area contributed by atoms with E-state index in [9.17, 15) is 19.5 Å². The number of carbonyl (C=O) groups excluding carboxylic acids is 3. The van der Waals surface area contributed by atoms with Gasteiger partial charge >= 0.3 is 11.9 Å². The van der Waals surface area contributed by atoms with Crippen LogP contribution in [-0.2, 0) is 14.3 Å². The van der Waals surface area contributed by atoms with Gasteiger partial charge in [0.25, 0.3) is 0 Å². The molecule has 0 radical (unpaired) electrons. The van der Waals surface area contributed by atoms with Crippen LogP contribution in [0, 0.1) is 0 Å². The molecule has 0 fully saturated rings. The summed E-state index contributed by atoms with van der Waals surface area (Å²) >= 11 is 0. The summed E-state index contributed by atoms with van der Waals surface area (Å²) in [6.45, 7) is 1.78. The molecule has 2 atom stereocenters. The average molecular weight is 479 g/mol. The molecular weight excluding hydrogens is 448 g/mol. The molecule has 2 aliphatic rings. The largest absolute Gasteiger partial charge is 0.507 e. The van der Waals surface area contributed by atoms with Gasteiger partial charge in [-0.1, -0.05) is 30.4 Å². The third kappa shape index (κ3) is 5.39. The predicted molar refractivity (Wildman–Crippen MR) is 130 cm³/mol. The van der Waals surface area contributed by atoms with Gasteiger partial charge in [0.2, 0.25) is 0 Å². The summed E-state index contributed by atoms with van der Waals surface area (Å²) in [6.07, 6.45) is 6.62. The van der Waals surface area contributed by atoms with Gasteiger partial charge in [0, 0.05) is 29.9 Å². The van der Waals surface area contributed by atoms with Crippen LogP contribution >= 0.6 is 0 Å². The summed E-state index contributed by atoms with van der Waals surface area (Å²) < 4.78 is 16.7. The first-order valence-corrected chi connectivity index (χ1v) is 12.0. The van der Waals surface area contributed by atoms with Crippen molar-refractivity contribution in [2.45, 2.75) is 63.9 Å². The second kappa shape index (κ2) is 10.8. The van der Waals surface area contributed by atoms with Crippen LogP contribution < -0.4 is 9.47 Å². The van der Waals surface area contributed by atoms with E-state index in [0.717, 1.165) is 0 Å². The Morgan fingerprint density at radius 1 is 1.09 bits per heavy atom. The Kier molecular flexibility index (Phi) is 7.54. The third-order valence-electron chi connectivity index (χ3n) is 6.49. The number of esters is 2. The Morgan fingerprint density at radius 3 is 2.66 bits per heavy atom. The molecule has 7 nitrogen and oxygen atoms in total. The normalized spacial score (nSPS) is 21.3. The molecule has 0 saturated heterocycles. The molecule has 2 aliphatic heterocycles. The summed E-state index contributed by atoms with van der Waals surface area (Å²) in [5.74, 6) is -0.927. The number of cyclic esters (lactones) is 1. The number of phenols is 1.